The average Bonchev–Trinajstić information content (AvgIpc) is 3.05. The number of anilines is 1. The van der Waals surface area contributed by atoms with Crippen LogP contribution < -0.4 is 10.9 Å². The average molecular weight is 395 g/mol. The summed E-state index contributed by atoms with van der Waals surface area (Å²) < 4.78 is 40.4. The second-order valence-electron chi connectivity index (χ2n) is 5.95. The van der Waals surface area contributed by atoms with E-state index in [4.69, 9.17) is 0 Å². The summed E-state index contributed by atoms with van der Waals surface area (Å²) in [6, 6.07) is 5.40. The van der Waals surface area contributed by atoms with Crippen molar-refractivity contribution in [2.75, 3.05) is 5.32 Å². The van der Waals surface area contributed by atoms with Gasteiger partial charge < -0.3 is 5.32 Å². The minimum Gasteiger partial charge on any atom is -0.324 e. The van der Waals surface area contributed by atoms with Crippen molar-refractivity contribution in [3.8, 4) is 0 Å². The predicted molar refractivity (Wildman–Crippen MR) is 98.0 cm³/mol. The number of nitrogens with one attached hydrogen (secondary N) is 1. The molecule has 0 radical (unpaired) electrons. The molecule has 0 aliphatic rings. The number of nitrogens with zero attached hydrogens (tertiary/aromatic N) is 2. The van der Waals surface area contributed by atoms with Gasteiger partial charge in [0.05, 0.1) is 23.0 Å². The minimum absolute atomic E-state index is 0.354. The van der Waals surface area contributed by atoms with E-state index in [1.807, 2.05) is 6.92 Å². The van der Waals surface area contributed by atoms with Gasteiger partial charge in [-0.15, -0.1) is 11.3 Å². The quantitative estimate of drug-likeness (QED) is 0.719. The van der Waals surface area contributed by atoms with E-state index in [0.29, 0.717) is 10.2 Å². The summed E-state index contributed by atoms with van der Waals surface area (Å²) >= 11 is 1.40. The first kappa shape index (κ1) is 19.1. The molecule has 0 saturated heterocycles. The Morgan fingerprint density at radius 3 is 2.70 bits per heavy atom. The van der Waals surface area contributed by atoms with Gasteiger partial charge in [0.2, 0.25) is 5.91 Å². The molecule has 142 valence electrons. The van der Waals surface area contributed by atoms with Crippen molar-refractivity contribution in [3.63, 3.8) is 0 Å². The van der Waals surface area contributed by atoms with Crippen LogP contribution in [0.3, 0.4) is 0 Å². The monoisotopic (exact) mass is 395 g/mol. The predicted octanol–water partition coefficient (Wildman–Crippen LogP) is 4.24. The molecule has 1 atom stereocenters. The molecule has 1 aromatic carbocycles. The number of carbonyl (C=O) groups is 1. The van der Waals surface area contributed by atoms with Crippen LogP contribution in [0, 0.1) is 0 Å². The molecule has 3 rings (SSSR count). The van der Waals surface area contributed by atoms with Crippen LogP contribution in [0.4, 0.5) is 18.9 Å². The van der Waals surface area contributed by atoms with Gasteiger partial charge in [-0.2, -0.15) is 13.2 Å². The maximum Gasteiger partial charge on any atom is 0.418 e. The van der Waals surface area contributed by atoms with Gasteiger partial charge in [0.25, 0.3) is 5.56 Å². The van der Waals surface area contributed by atoms with Crippen molar-refractivity contribution in [1.82, 2.24) is 9.55 Å². The molecule has 2 aromatic heterocycles. The molecule has 0 fully saturated rings. The van der Waals surface area contributed by atoms with E-state index >= 15 is 0 Å². The van der Waals surface area contributed by atoms with Gasteiger partial charge in [-0.05, 0) is 31.5 Å². The number of aryl methyl sites for hydroxylation is 1. The van der Waals surface area contributed by atoms with E-state index < -0.39 is 29.2 Å². The molecular weight excluding hydrogens is 379 g/mol. The van der Waals surface area contributed by atoms with Crippen molar-refractivity contribution in [2.45, 2.75) is 32.5 Å². The number of rotatable bonds is 4. The molecule has 0 saturated carbocycles. The van der Waals surface area contributed by atoms with Gasteiger partial charge in [0.1, 0.15) is 10.9 Å². The highest BCUT2D eigenvalue weighted by atomic mass is 32.1. The fraction of sp³-hybridized carbons (Fsp3) is 0.278. The van der Waals surface area contributed by atoms with Crippen LogP contribution in [0.25, 0.3) is 10.2 Å². The third-order valence-corrected chi connectivity index (χ3v) is 5.35. The summed E-state index contributed by atoms with van der Waals surface area (Å²) in [5, 5.41) is 2.66. The van der Waals surface area contributed by atoms with Crippen LogP contribution in [0.5, 0.6) is 0 Å². The van der Waals surface area contributed by atoms with Gasteiger partial charge >= 0.3 is 6.18 Å². The molecule has 27 heavy (non-hydrogen) atoms. The zero-order valence-electron chi connectivity index (χ0n) is 14.5. The zero-order chi connectivity index (χ0) is 19.8. The van der Waals surface area contributed by atoms with Crippen LogP contribution in [-0.2, 0) is 17.4 Å². The van der Waals surface area contributed by atoms with Gasteiger partial charge in [-0.3, -0.25) is 14.2 Å². The van der Waals surface area contributed by atoms with E-state index in [-0.39, 0.29) is 5.69 Å². The Morgan fingerprint density at radius 1 is 1.33 bits per heavy atom. The smallest absolute Gasteiger partial charge is 0.324 e. The number of carbonyl (C=O) groups excluding carboxylic acids is 1. The first-order valence-corrected chi connectivity index (χ1v) is 9.00. The molecule has 0 aliphatic carbocycles. The van der Waals surface area contributed by atoms with Crippen molar-refractivity contribution >= 4 is 33.1 Å². The lowest BCUT2D eigenvalue weighted by Gasteiger charge is -2.17. The molecule has 3 aromatic rings. The Kier molecular flexibility index (Phi) is 5.05. The van der Waals surface area contributed by atoms with E-state index in [1.165, 1.54) is 42.8 Å². The standard InChI is InChI=1S/C18H16F3N3O2S/c1-3-11-8-12-16(27-11)22-9-24(17(12)26)10(2)15(25)23-14-7-5-4-6-13(14)18(19,20)21/h4-10H,3H2,1-2H3,(H,23,25)/t10-/m1/s1. The van der Waals surface area contributed by atoms with E-state index in [2.05, 4.69) is 10.3 Å². The summed E-state index contributed by atoms with van der Waals surface area (Å²) in [6.07, 6.45) is -2.59. The Labute approximate surface area is 156 Å². The van der Waals surface area contributed by atoms with Gasteiger partial charge in [0.15, 0.2) is 0 Å². The number of benzene rings is 1. The Bertz CT molecular complexity index is 1060. The number of aromatic nitrogens is 2. The zero-order valence-corrected chi connectivity index (χ0v) is 15.3. The van der Waals surface area contributed by atoms with Crippen LogP contribution in [0.15, 0.2) is 41.5 Å². The molecule has 0 unspecified atom stereocenters. The summed E-state index contributed by atoms with van der Waals surface area (Å²) in [5.41, 5.74) is -1.70. The first-order chi connectivity index (χ1) is 12.7. The van der Waals surface area contributed by atoms with Crippen LogP contribution in [-0.4, -0.2) is 15.5 Å². The van der Waals surface area contributed by atoms with E-state index in [9.17, 15) is 22.8 Å². The maximum absolute atomic E-state index is 13.1. The molecule has 5 nitrogen and oxygen atoms in total. The number of amides is 1. The molecule has 2 heterocycles. The normalized spacial score (nSPS) is 12.9. The summed E-state index contributed by atoms with van der Waals surface area (Å²) in [6.45, 7) is 3.39. The fourth-order valence-electron chi connectivity index (χ4n) is 2.64. The van der Waals surface area contributed by atoms with Crippen molar-refractivity contribution in [1.29, 1.82) is 0 Å². The van der Waals surface area contributed by atoms with Crippen molar-refractivity contribution in [3.05, 3.63) is 57.5 Å². The Hall–Kier alpha value is -2.68. The SMILES string of the molecule is CCc1cc2c(=O)n([C@H](C)C(=O)Nc3ccccc3C(F)(F)F)cnc2s1. The number of thiophene rings is 1. The first-order valence-electron chi connectivity index (χ1n) is 8.19. The number of hydrogen-bond donors (Lipinski definition) is 1. The number of alkyl halides is 3. The molecule has 9 heteroatoms. The van der Waals surface area contributed by atoms with Gasteiger partial charge in [-0.25, -0.2) is 4.98 Å². The summed E-state index contributed by atoms with van der Waals surface area (Å²) in [5.74, 6) is -0.735. The second-order valence-corrected chi connectivity index (χ2v) is 7.07. The topological polar surface area (TPSA) is 64.0 Å². The van der Waals surface area contributed by atoms with Gasteiger partial charge in [0, 0.05) is 4.88 Å². The van der Waals surface area contributed by atoms with Crippen molar-refractivity contribution < 1.29 is 18.0 Å². The van der Waals surface area contributed by atoms with Gasteiger partial charge in [-0.1, -0.05) is 19.1 Å². The number of hydrogen-bond acceptors (Lipinski definition) is 4. The van der Waals surface area contributed by atoms with Crippen molar-refractivity contribution in [2.24, 2.45) is 0 Å². The molecule has 1 amide bonds. The number of para-hydroxylation sites is 1. The highest BCUT2D eigenvalue weighted by molar-refractivity contribution is 7.18. The molecule has 1 N–H and O–H groups in total. The third kappa shape index (κ3) is 3.73. The maximum atomic E-state index is 13.1. The molecule has 0 spiro atoms. The lowest BCUT2D eigenvalue weighted by molar-refractivity contribution is -0.137. The largest absolute Gasteiger partial charge is 0.418 e. The Morgan fingerprint density at radius 2 is 2.04 bits per heavy atom. The van der Waals surface area contributed by atoms with E-state index in [0.717, 1.165) is 21.9 Å². The minimum atomic E-state index is -4.60. The molecular formula is C18H16F3N3O2S. The highest BCUT2D eigenvalue weighted by Crippen LogP contribution is 2.34. The number of fused-ring (bicyclic) bond motifs is 1. The lowest BCUT2D eigenvalue weighted by Crippen LogP contribution is -2.32. The van der Waals surface area contributed by atoms with E-state index in [1.54, 1.807) is 6.07 Å². The lowest BCUT2D eigenvalue weighted by atomic mass is 10.1. The number of halogens is 3. The van der Waals surface area contributed by atoms with Crippen LogP contribution in [0.2, 0.25) is 0 Å². The van der Waals surface area contributed by atoms with Crippen LogP contribution in [0.1, 0.15) is 30.3 Å². The molecule has 0 bridgehead atoms. The fourth-order valence-corrected chi connectivity index (χ4v) is 3.57. The summed E-state index contributed by atoms with van der Waals surface area (Å²) in [4.78, 5) is 30.9. The van der Waals surface area contributed by atoms with Crippen LogP contribution >= 0.6 is 11.3 Å². The highest BCUT2D eigenvalue weighted by Gasteiger charge is 2.34. The second kappa shape index (κ2) is 7.15. The Balaban J connectivity index is 1.92. The third-order valence-electron chi connectivity index (χ3n) is 4.16. The summed E-state index contributed by atoms with van der Waals surface area (Å²) in [7, 11) is 0. The molecule has 0 aliphatic heterocycles.